The number of thiophene rings is 1. The fraction of sp³-hybridized carbons (Fsp3) is 0.211. The maximum atomic E-state index is 12.8. The lowest BCUT2D eigenvalue weighted by atomic mass is 10.2. The molecule has 1 aromatic carbocycles. The molecule has 0 unspecified atom stereocenters. The molecule has 0 atom stereocenters. The van der Waals surface area contributed by atoms with Crippen LogP contribution in [0.5, 0.6) is 0 Å². The van der Waals surface area contributed by atoms with Crippen molar-refractivity contribution in [2.75, 3.05) is 10.6 Å². The Balaban J connectivity index is 1.53. The first-order chi connectivity index (χ1) is 14.0. The van der Waals surface area contributed by atoms with Crippen molar-refractivity contribution < 1.29 is 13.2 Å². The number of rotatable bonds is 5. The maximum absolute atomic E-state index is 12.8. The fourth-order valence-electron chi connectivity index (χ4n) is 2.93. The van der Waals surface area contributed by atoms with E-state index in [1.54, 1.807) is 17.7 Å². The third kappa shape index (κ3) is 3.63. The number of hydrogen-bond donors (Lipinski definition) is 2. The Morgan fingerprint density at radius 2 is 1.86 bits per heavy atom. The summed E-state index contributed by atoms with van der Waals surface area (Å²) in [6.45, 7) is 0. The lowest BCUT2D eigenvalue weighted by Gasteiger charge is -2.11. The highest BCUT2D eigenvalue weighted by Gasteiger charge is 2.30. The quantitative estimate of drug-likeness (QED) is 0.467. The molecule has 6 nitrogen and oxygen atoms in total. The minimum Gasteiger partial charge on any atom is -0.365 e. The Hall–Kier alpha value is -3.14. The molecular weight excluding hydrogens is 401 g/mol. The first-order valence-corrected chi connectivity index (χ1v) is 9.90. The normalized spacial score (nSPS) is 14.3. The molecule has 0 amide bonds. The van der Waals surface area contributed by atoms with E-state index in [4.69, 9.17) is 0 Å². The summed E-state index contributed by atoms with van der Waals surface area (Å²) in [7, 11) is 0. The molecule has 0 radical (unpaired) electrons. The summed E-state index contributed by atoms with van der Waals surface area (Å²) in [6, 6.07) is 7.10. The summed E-state index contributed by atoms with van der Waals surface area (Å²) in [5, 5.41) is 10.3. The van der Waals surface area contributed by atoms with Crippen LogP contribution in [0.2, 0.25) is 0 Å². The van der Waals surface area contributed by atoms with Crippen LogP contribution in [0.15, 0.2) is 47.4 Å². The van der Waals surface area contributed by atoms with E-state index in [-0.39, 0.29) is 5.95 Å². The standard InChI is InChI=1S/C19H15F3N6S/c20-19(21,22)11-1-3-13(4-2-11)25-18-26-16(24-12-5-6-12)15-17(27-18)28(10-23-15)14-7-8-29-9-14/h1-4,7-10,12H,5-6H2,(H2,24,25,26,27). The van der Waals surface area contributed by atoms with Crippen molar-refractivity contribution in [1.29, 1.82) is 0 Å². The Kier molecular flexibility index (Phi) is 4.16. The van der Waals surface area contributed by atoms with Crippen LogP contribution in [-0.2, 0) is 6.18 Å². The number of nitrogens with one attached hydrogen (secondary N) is 2. The van der Waals surface area contributed by atoms with E-state index >= 15 is 0 Å². The number of fused-ring (bicyclic) bond motifs is 1. The predicted octanol–water partition coefficient (Wildman–Crippen LogP) is 5.21. The summed E-state index contributed by atoms with van der Waals surface area (Å²) in [5.41, 5.74) is 1.98. The van der Waals surface area contributed by atoms with Crippen LogP contribution >= 0.6 is 11.3 Å². The van der Waals surface area contributed by atoms with Gasteiger partial charge in [-0.2, -0.15) is 34.5 Å². The summed E-state index contributed by atoms with van der Waals surface area (Å²) in [5.74, 6) is 0.901. The number of alkyl halides is 3. The Morgan fingerprint density at radius 1 is 1.07 bits per heavy atom. The largest absolute Gasteiger partial charge is 0.416 e. The molecular formula is C19H15F3N6S. The SMILES string of the molecule is FC(F)(F)c1ccc(Nc2nc(NC3CC3)c3ncn(-c4ccsc4)c3n2)cc1. The maximum Gasteiger partial charge on any atom is 0.416 e. The molecule has 1 aliphatic rings. The second kappa shape index (κ2) is 6.73. The molecule has 4 aromatic rings. The highest BCUT2D eigenvalue weighted by atomic mass is 32.1. The third-order valence-electron chi connectivity index (χ3n) is 4.57. The van der Waals surface area contributed by atoms with Gasteiger partial charge >= 0.3 is 6.18 Å². The zero-order chi connectivity index (χ0) is 20.0. The van der Waals surface area contributed by atoms with E-state index in [0.717, 1.165) is 30.7 Å². The zero-order valence-corrected chi connectivity index (χ0v) is 15.8. The zero-order valence-electron chi connectivity index (χ0n) is 14.9. The Labute approximate surface area is 167 Å². The lowest BCUT2D eigenvalue weighted by Crippen LogP contribution is -2.08. The van der Waals surface area contributed by atoms with E-state index < -0.39 is 11.7 Å². The smallest absolute Gasteiger partial charge is 0.365 e. The number of anilines is 3. The van der Waals surface area contributed by atoms with Gasteiger partial charge in [0.1, 0.15) is 6.33 Å². The van der Waals surface area contributed by atoms with Crippen LogP contribution in [0.3, 0.4) is 0 Å². The van der Waals surface area contributed by atoms with Crippen LogP contribution in [0.25, 0.3) is 16.9 Å². The molecule has 10 heteroatoms. The topological polar surface area (TPSA) is 67.7 Å². The molecule has 3 aromatic heterocycles. The number of nitrogens with zero attached hydrogens (tertiary/aromatic N) is 4. The van der Waals surface area contributed by atoms with Gasteiger partial charge < -0.3 is 10.6 Å². The van der Waals surface area contributed by atoms with Gasteiger partial charge in [-0.1, -0.05) is 0 Å². The first-order valence-electron chi connectivity index (χ1n) is 8.96. The van der Waals surface area contributed by atoms with Gasteiger partial charge in [0.05, 0.1) is 11.3 Å². The van der Waals surface area contributed by atoms with E-state index in [1.807, 2.05) is 21.4 Å². The second-order valence-electron chi connectivity index (χ2n) is 6.78. The number of halogens is 3. The van der Waals surface area contributed by atoms with Gasteiger partial charge in [0.15, 0.2) is 17.0 Å². The van der Waals surface area contributed by atoms with E-state index in [1.165, 1.54) is 12.1 Å². The van der Waals surface area contributed by atoms with Gasteiger partial charge in [0.2, 0.25) is 5.95 Å². The molecule has 0 spiro atoms. The third-order valence-corrected chi connectivity index (χ3v) is 5.24. The van der Waals surface area contributed by atoms with Crippen LogP contribution in [0, 0.1) is 0 Å². The second-order valence-corrected chi connectivity index (χ2v) is 7.56. The number of benzene rings is 1. The number of imidazole rings is 1. The monoisotopic (exact) mass is 416 g/mol. The summed E-state index contributed by atoms with van der Waals surface area (Å²) < 4.78 is 40.2. The van der Waals surface area contributed by atoms with E-state index in [0.29, 0.717) is 28.7 Å². The van der Waals surface area contributed by atoms with Crippen molar-refractivity contribution in [3.05, 3.63) is 53.0 Å². The highest BCUT2D eigenvalue weighted by molar-refractivity contribution is 7.08. The highest BCUT2D eigenvalue weighted by Crippen LogP contribution is 2.32. The van der Waals surface area contributed by atoms with Crippen molar-refractivity contribution in [1.82, 2.24) is 19.5 Å². The lowest BCUT2D eigenvalue weighted by molar-refractivity contribution is -0.137. The molecule has 0 saturated heterocycles. The first kappa shape index (κ1) is 17.9. The fourth-order valence-corrected chi connectivity index (χ4v) is 3.56. The van der Waals surface area contributed by atoms with E-state index in [9.17, 15) is 13.2 Å². The van der Waals surface area contributed by atoms with Gasteiger partial charge in [-0.05, 0) is 48.6 Å². The molecule has 1 fully saturated rings. The van der Waals surface area contributed by atoms with Crippen molar-refractivity contribution in [3.63, 3.8) is 0 Å². The summed E-state index contributed by atoms with van der Waals surface area (Å²) in [4.78, 5) is 13.5. The molecule has 29 heavy (non-hydrogen) atoms. The molecule has 0 bridgehead atoms. The average Bonchev–Trinajstić information content (AvgIpc) is 3.16. The predicted molar refractivity (Wildman–Crippen MR) is 106 cm³/mol. The van der Waals surface area contributed by atoms with Crippen molar-refractivity contribution in [3.8, 4) is 5.69 Å². The number of hydrogen-bond acceptors (Lipinski definition) is 6. The van der Waals surface area contributed by atoms with Crippen molar-refractivity contribution in [2.24, 2.45) is 0 Å². The van der Waals surface area contributed by atoms with Gasteiger partial charge in [-0.3, -0.25) is 4.57 Å². The van der Waals surface area contributed by atoms with Gasteiger partial charge in [-0.15, -0.1) is 0 Å². The van der Waals surface area contributed by atoms with Gasteiger partial charge in [0.25, 0.3) is 0 Å². The molecule has 1 aliphatic carbocycles. The van der Waals surface area contributed by atoms with Crippen LogP contribution in [0.1, 0.15) is 18.4 Å². The minimum atomic E-state index is -4.37. The van der Waals surface area contributed by atoms with Crippen molar-refractivity contribution >= 4 is 40.0 Å². The minimum absolute atomic E-state index is 0.289. The van der Waals surface area contributed by atoms with E-state index in [2.05, 4.69) is 25.6 Å². The van der Waals surface area contributed by atoms with Crippen LogP contribution in [0.4, 0.5) is 30.6 Å². The van der Waals surface area contributed by atoms with Crippen LogP contribution in [-0.4, -0.2) is 25.6 Å². The summed E-state index contributed by atoms with van der Waals surface area (Å²) in [6.07, 6.45) is -0.541. The van der Waals surface area contributed by atoms with Gasteiger partial charge in [0, 0.05) is 17.1 Å². The average molecular weight is 416 g/mol. The molecule has 2 N–H and O–H groups in total. The Morgan fingerprint density at radius 3 is 2.52 bits per heavy atom. The number of aromatic nitrogens is 4. The molecule has 0 aliphatic heterocycles. The molecule has 148 valence electrons. The van der Waals surface area contributed by atoms with Crippen LogP contribution < -0.4 is 10.6 Å². The molecule has 3 heterocycles. The van der Waals surface area contributed by atoms with Crippen molar-refractivity contribution in [2.45, 2.75) is 25.1 Å². The van der Waals surface area contributed by atoms with Gasteiger partial charge in [-0.25, -0.2) is 4.98 Å². The molecule has 1 saturated carbocycles. The summed E-state index contributed by atoms with van der Waals surface area (Å²) >= 11 is 1.57. The molecule has 5 rings (SSSR count). The Bertz CT molecular complexity index is 1150.